The van der Waals surface area contributed by atoms with Gasteiger partial charge in [-0.3, -0.25) is 4.79 Å². The number of aromatic hydroxyl groups is 1. The molecule has 2 aromatic rings. The minimum atomic E-state index is -0.373. The number of unbranched alkanes of at least 4 members (excludes halogenated alkanes) is 4. The van der Waals surface area contributed by atoms with Crippen LogP contribution in [-0.4, -0.2) is 41.7 Å². The molecule has 0 atom stereocenters. The van der Waals surface area contributed by atoms with Crippen LogP contribution in [0.15, 0.2) is 49.8 Å². The number of carbonyl (C=O) groups is 1. The molecule has 4 nitrogen and oxygen atoms in total. The van der Waals surface area contributed by atoms with Crippen LogP contribution in [0.2, 0.25) is 0 Å². The molecule has 202 valence electrons. The van der Waals surface area contributed by atoms with E-state index in [1.54, 1.807) is 24.3 Å². The Morgan fingerprint density at radius 2 is 1.19 bits per heavy atom. The van der Waals surface area contributed by atoms with Crippen molar-refractivity contribution >= 4 is 59.4 Å². The van der Waals surface area contributed by atoms with Gasteiger partial charge in [0.05, 0.1) is 36.2 Å². The van der Waals surface area contributed by atoms with Crippen molar-refractivity contribution in [2.24, 2.45) is 0 Å². The number of quaternary nitrogens is 1. The normalized spacial score (nSPS) is 11.1. The minimum Gasteiger partial charge on any atom is -0.506 e. The highest BCUT2D eigenvalue weighted by atomic mass is 79.9. The van der Waals surface area contributed by atoms with Crippen molar-refractivity contribution in [3.05, 3.63) is 55.4 Å². The summed E-state index contributed by atoms with van der Waals surface area (Å²) in [5, 5.41) is 12.6. The number of nitrogens with one attached hydrogen (secondary N) is 1. The molecule has 0 fully saturated rings. The van der Waals surface area contributed by atoms with Crippen LogP contribution in [0, 0.1) is 0 Å². The summed E-state index contributed by atoms with van der Waals surface area (Å²) in [5.41, 5.74) is 0.855. The summed E-state index contributed by atoms with van der Waals surface area (Å²) in [7, 11) is 0. The Bertz CT molecular complexity index is 867. The lowest BCUT2D eigenvalue weighted by Gasteiger charge is -2.39. The zero-order valence-electron chi connectivity index (χ0n) is 22.4. The summed E-state index contributed by atoms with van der Waals surface area (Å²) in [6.07, 6.45) is 11.1. The van der Waals surface area contributed by atoms with Gasteiger partial charge < -0.3 is 14.9 Å². The van der Waals surface area contributed by atoms with E-state index in [1.807, 2.05) is 12.1 Å². The number of hydrogen-bond acceptors (Lipinski definition) is 2. The summed E-state index contributed by atoms with van der Waals surface area (Å²) in [6.45, 7) is 15.0. The Balaban J connectivity index is 0.000000363. The van der Waals surface area contributed by atoms with E-state index in [2.05, 4.69) is 80.8 Å². The minimum absolute atomic E-state index is 0.0854. The summed E-state index contributed by atoms with van der Waals surface area (Å²) in [6, 6.07) is 10.4. The number of amides is 1. The largest absolute Gasteiger partial charge is 0.506 e. The molecule has 0 aromatic heterocycles. The number of halogens is 3. The van der Waals surface area contributed by atoms with Gasteiger partial charge in [-0.2, -0.15) is 0 Å². The first-order valence-corrected chi connectivity index (χ1v) is 15.7. The van der Waals surface area contributed by atoms with E-state index < -0.39 is 0 Å². The second kappa shape index (κ2) is 18.4. The first-order chi connectivity index (χ1) is 17.2. The Hall–Kier alpha value is -0.890. The zero-order chi connectivity index (χ0) is 27.0. The Morgan fingerprint density at radius 3 is 1.61 bits per heavy atom. The molecule has 0 heterocycles. The fourth-order valence-corrected chi connectivity index (χ4v) is 5.61. The highest BCUT2D eigenvalue weighted by Crippen LogP contribution is 2.32. The van der Waals surface area contributed by atoms with Crippen LogP contribution in [0.25, 0.3) is 0 Å². The standard InChI is InChI=1S/C16H36N.C13H8Br3NO2/c1-5-9-13-17(14-10-6-2,15-11-7-3)16-12-8-4;14-7-1-3-9(4-2-7)17-13(19)10-5-8(15)6-11(16)12(10)18/h5-16H2,1-4H3;1-6,18H,(H,17,19)/q+1;. The lowest BCUT2D eigenvalue weighted by Crippen LogP contribution is -2.50. The molecule has 0 saturated carbocycles. The van der Waals surface area contributed by atoms with Gasteiger partial charge in [0.25, 0.3) is 5.91 Å². The maximum absolute atomic E-state index is 12.1. The van der Waals surface area contributed by atoms with Gasteiger partial charge in [0.1, 0.15) is 5.75 Å². The van der Waals surface area contributed by atoms with Crippen molar-refractivity contribution in [2.75, 3.05) is 31.5 Å². The molecule has 0 aliphatic carbocycles. The van der Waals surface area contributed by atoms with Crippen molar-refractivity contribution in [2.45, 2.75) is 79.1 Å². The molecule has 0 bridgehead atoms. The highest BCUT2D eigenvalue weighted by molar-refractivity contribution is 9.11. The fraction of sp³-hybridized carbons (Fsp3) is 0.552. The van der Waals surface area contributed by atoms with E-state index in [-0.39, 0.29) is 17.2 Å². The monoisotopic (exact) mass is 689 g/mol. The molecule has 2 aromatic carbocycles. The molecule has 0 spiro atoms. The van der Waals surface area contributed by atoms with Crippen LogP contribution in [0.4, 0.5) is 5.69 Å². The van der Waals surface area contributed by atoms with E-state index >= 15 is 0 Å². The highest BCUT2D eigenvalue weighted by Gasteiger charge is 2.24. The molecule has 0 radical (unpaired) electrons. The van der Waals surface area contributed by atoms with Crippen LogP contribution < -0.4 is 5.32 Å². The molecule has 0 aliphatic rings. The van der Waals surface area contributed by atoms with E-state index in [1.165, 1.54) is 82.0 Å². The third-order valence-electron chi connectivity index (χ3n) is 6.32. The molecule has 0 aliphatic heterocycles. The molecule has 1 amide bonds. The van der Waals surface area contributed by atoms with Gasteiger partial charge in [0, 0.05) is 14.6 Å². The van der Waals surface area contributed by atoms with Gasteiger partial charge >= 0.3 is 0 Å². The lowest BCUT2D eigenvalue weighted by molar-refractivity contribution is -0.929. The number of phenols is 1. The number of phenolic OH excluding ortho intramolecular Hbond substituents is 1. The first-order valence-electron chi connectivity index (χ1n) is 13.3. The number of anilines is 1. The van der Waals surface area contributed by atoms with Crippen LogP contribution in [0.3, 0.4) is 0 Å². The quantitative estimate of drug-likeness (QED) is 0.194. The van der Waals surface area contributed by atoms with Crippen molar-refractivity contribution < 1.29 is 14.4 Å². The Labute approximate surface area is 244 Å². The summed E-state index contributed by atoms with van der Waals surface area (Å²) >= 11 is 9.80. The SMILES string of the molecule is CCCC[N+](CCCC)(CCCC)CCCC.O=C(Nc1ccc(Br)cc1)c1cc(Br)cc(Br)c1O. The smallest absolute Gasteiger partial charge is 0.259 e. The third-order valence-corrected chi connectivity index (χ3v) is 7.91. The number of nitrogens with zero attached hydrogens (tertiary/aromatic N) is 1. The number of carbonyl (C=O) groups excluding carboxylic acids is 1. The van der Waals surface area contributed by atoms with Crippen LogP contribution in [-0.2, 0) is 0 Å². The Kier molecular flexibility index (Phi) is 16.9. The van der Waals surface area contributed by atoms with Crippen molar-refractivity contribution in [1.29, 1.82) is 0 Å². The first kappa shape index (κ1) is 33.1. The summed E-state index contributed by atoms with van der Waals surface area (Å²) in [4.78, 5) is 12.1. The van der Waals surface area contributed by atoms with Gasteiger partial charge in [-0.15, -0.1) is 0 Å². The second-order valence-electron chi connectivity index (χ2n) is 9.40. The van der Waals surface area contributed by atoms with Crippen molar-refractivity contribution in [3.63, 3.8) is 0 Å². The molecule has 0 saturated heterocycles. The predicted molar refractivity (Wildman–Crippen MR) is 165 cm³/mol. The number of benzene rings is 2. The average molecular weight is 692 g/mol. The number of rotatable bonds is 14. The van der Waals surface area contributed by atoms with E-state index in [4.69, 9.17) is 0 Å². The zero-order valence-corrected chi connectivity index (χ0v) is 27.1. The molecule has 2 rings (SSSR count). The topological polar surface area (TPSA) is 49.3 Å². The maximum atomic E-state index is 12.1. The van der Waals surface area contributed by atoms with Gasteiger partial charge in [-0.1, -0.05) is 85.2 Å². The Morgan fingerprint density at radius 1 is 0.750 bits per heavy atom. The predicted octanol–water partition coefficient (Wildman–Crippen LogP) is 9.94. The molecule has 2 N–H and O–H groups in total. The van der Waals surface area contributed by atoms with Crippen molar-refractivity contribution in [3.8, 4) is 5.75 Å². The molecular weight excluding hydrogens is 648 g/mol. The van der Waals surface area contributed by atoms with Gasteiger partial charge in [0.15, 0.2) is 0 Å². The average Bonchev–Trinajstić information content (AvgIpc) is 2.87. The molecule has 7 heteroatoms. The van der Waals surface area contributed by atoms with Crippen LogP contribution >= 0.6 is 47.8 Å². The molecule has 36 heavy (non-hydrogen) atoms. The second-order valence-corrected chi connectivity index (χ2v) is 12.1. The lowest BCUT2D eigenvalue weighted by atomic mass is 10.1. The van der Waals surface area contributed by atoms with E-state index in [0.717, 1.165) is 4.47 Å². The molecule has 0 unspecified atom stereocenters. The van der Waals surface area contributed by atoms with E-state index in [9.17, 15) is 9.90 Å². The van der Waals surface area contributed by atoms with Gasteiger partial charge in [0.2, 0.25) is 0 Å². The third kappa shape index (κ3) is 12.1. The van der Waals surface area contributed by atoms with Crippen LogP contribution in [0.1, 0.15) is 89.4 Å². The summed E-state index contributed by atoms with van der Waals surface area (Å²) in [5.74, 6) is -0.459. The van der Waals surface area contributed by atoms with Crippen LogP contribution in [0.5, 0.6) is 5.75 Å². The molecular formula is C29H44Br3N2O2+. The maximum Gasteiger partial charge on any atom is 0.259 e. The number of hydrogen-bond donors (Lipinski definition) is 2. The van der Waals surface area contributed by atoms with Gasteiger partial charge in [-0.05, 0) is 78.0 Å². The fourth-order valence-electron chi connectivity index (χ4n) is 4.12. The van der Waals surface area contributed by atoms with Crippen molar-refractivity contribution in [1.82, 2.24) is 0 Å². The van der Waals surface area contributed by atoms with Gasteiger partial charge in [-0.25, -0.2) is 0 Å². The summed E-state index contributed by atoms with van der Waals surface area (Å²) < 4.78 is 3.52. The van der Waals surface area contributed by atoms with E-state index in [0.29, 0.717) is 14.6 Å².